The lowest BCUT2D eigenvalue weighted by atomic mass is 10.5. The predicted molar refractivity (Wildman–Crippen MR) is 86.4 cm³/mol. The zero-order valence-electron chi connectivity index (χ0n) is 13.2. The Morgan fingerprint density at radius 1 is 1.20 bits per heavy atom. The van der Waals surface area contributed by atoms with Crippen LogP contribution in [-0.4, -0.2) is 41.8 Å². The van der Waals surface area contributed by atoms with Gasteiger partial charge in [-0.3, -0.25) is 0 Å². The number of rotatable bonds is 6. The summed E-state index contributed by atoms with van der Waals surface area (Å²) in [5.74, 6) is -0.0127. The van der Waals surface area contributed by atoms with Gasteiger partial charge in [0.15, 0.2) is 0 Å². The summed E-state index contributed by atoms with van der Waals surface area (Å²) in [6.45, 7) is 2.36. The third kappa shape index (κ3) is 4.35. The third-order valence-corrected chi connectivity index (χ3v) is 4.16. The maximum absolute atomic E-state index is 12.8. The van der Waals surface area contributed by atoms with Crippen LogP contribution in [0.5, 0.6) is 0 Å². The normalized spacial score (nSPS) is 11.8. The molecule has 0 saturated carbocycles. The lowest BCUT2D eigenvalue weighted by Crippen LogP contribution is -2.08. The fourth-order valence-corrected chi connectivity index (χ4v) is 3.01. The Morgan fingerprint density at radius 3 is 2.68 bits per heavy atom. The summed E-state index contributed by atoms with van der Waals surface area (Å²) in [4.78, 5) is 15.6. The number of hydrogen-bond donors (Lipinski definition) is 1. The minimum Gasteiger partial charge on any atom is -0.354 e. The Bertz CT molecular complexity index is 851. The second-order valence-corrected chi connectivity index (χ2v) is 6.20. The van der Waals surface area contributed by atoms with Crippen molar-refractivity contribution in [3.63, 3.8) is 0 Å². The quantitative estimate of drug-likeness (QED) is 0.406. The molecule has 0 aliphatic carbocycles. The maximum Gasteiger partial charge on any atom is 0.453 e. The minimum absolute atomic E-state index is 0.0503. The molecule has 132 valence electrons. The molecule has 1 N–H and O–H groups in total. The minimum atomic E-state index is -4.59. The lowest BCUT2D eigenvalue weighted by Gasteiger charge is -2.06. The van der Waals surface area contributed by atoms with Crippen LogP contribution in [0, 0.1) is 6.92 Å². The van der Waals surface area contributed by atoms with Crippen LogP contribution in [-0.2, 0) is 6.18 Å². The summed E-state index contributed by atoms with van der Waals surface area (Å²) in [5, 5.41) is 7.18. The Balaban J connectivity index is 1.63. The van der Waals surface area contributed by atoms with Crippen molar-refractivity contribution in [1.29, 1.82) is 0 Å². The van der Waals surface area contributed by atoms with Crippen molar-refractivity contribution in [2.45, 2.75) is 24.5 Å². The van der Waals surface area contributed by atoms with E-state index >= 15 is 0 Å². The fraction of sp³-hybridized carbons (Fsp3) is 0.357. The van der Waals surface area contributed by atoms with Crippen molar-refractivity contribution in [3.05, 3.63) is 36.0 Å². The predicted octanol–water partition coefficient (Wildman–Crippen LogP) is 2.84. The Hall–Kier alpha value is -2.43. The number of fused-ring (bicyclic) bond motifs is 1. The summed E-state index contributed by atoms with van der Waals surface area (Å²) in [5.41, 5.74) is 0.590. The van der Waals surface area contributed by atoms with E-state index in [-0.39, 0.29) is 5.78 Å². The van der Waals surface area contributed by atoms with Gasteiger partial charge in [0.2, 0.25) is 5.95 Å². The number of hydrogen-bond acceptors (Lipinski definition) is 7. The highest BCUT2D eigenvalue weighted by Gasteiger charge is 2.36. The molecule has 0 spiro atoms. The van der Waals surface area contributed by atoms with Gasteiger partial charge in [0.05, 0.1) is 0 Å². The molecule has 0 saturated heterocycles. The number of alkyl halides is 3. The molecule has 3 heterocycles. The number of aryl methyl sites for hydroxylation is 1. The summed E-state index contributed by atoms with van der Waals surface area (Å²) >= 11 is 1.40. The summed E-state index contributed by atoms with van der Waals surface area (Å²) < 4.78 is 39.5. The number of nitrogens with zero attached hydrogens (tertiary/aromatic N) is 6. The van der Waals surface area contributed by atoms with Crippen molar-refractivity contribution in [2.75, 3.05) is 17.6 Å². The zero-order valence-corrected chi connectivity index (χ0v) is 14.0. The number of aromatic nitrogens is 6. The van der Waals surface area contributed by atoms with Gasteiger partial charge in [-0.15, -0.1) is 16.9 Å². The molecule has 11 heteroatoms. The van der Waals surface area contributed by atoms with Gasteiger partial charge in [-0.25, -0.2) is 15.0 Å². The van der Waals surface area contributed by atoms with E-state index in [1.807, 2.05) is 0 Å². The van der Waals surface area contributed by atoms with Gasteiger partial charge >= 0.3 is 6.18 Å². The second-order valence-electron chi connectivity index (χ2n) is 5.08. The molecule has 0 aliphatic rings. The summed E-state index contributed by atoms with van der Waals surface area (Å²) in [7, 11) is 0. The zero-order chi connectivity index (χ0) is 17.9. The highest BCUT2D eigenvalue weighted by atomic mass is 32.2. The topological polar surface area (TPSA) is 80.9 Å². The molecule has 0 fully saturated rings. The van der Waals surface area contributed by atoms with Gasteiger partial charge in [-0.2, -0.15) is 22.7 Å². The number of thioether (sulfide) groups is 1. The van der Waals surface area contributed by atoms with Crippen molar-refractivity contribution in [1.82, 2.24) is 29.5 Å². The van der Waals surface area contributed by atoms with Gasteiger partial charge in [-0.1, -0.05) is 0 Å². The molecule has 0 aromatic carbocycles. The van der Waals surface area contributed by atoms with E-state index < -0.39 is 12.0 Å². The highest BCUT2D eigenvalue weighted by Crippen LogP contribution is 2.28. The van der Waals surface area contributed by atoms with E-state index in [1.54, 1.807) is 31.5 Å². The van der Waals surface area contributed by atoms with Crippen molar-refractivity contribution in [2.24, 2.45) is 0 Å². The van der Waals surface area contributed by atoms with Crippen LogP contribution < -0.4 is 5.32 Å². The van der Waals surface area contributed by atoms with E-state index in [4.69, 9.17) is 0 Å². The molecular weight excluding hydrogens is 355 g/mol. The Morgan fingerprint density at radius 2 is 1.96 bits per heavy atom. The molecule has 0 unspecified atom stereocenters. The van der Waals surface area contributed by atoms with Gasteiger partial charge in [-0.05, 0) is 25.5 Å². The van der Waals surface area contributed by atoms with E-state index in [0.29, 0.717) is 29.0 Å². The molecule has 0 amide bonds. The van der Waals surface area contributed by atoms with Crippen LogP contribution in [0.2, 0.25) is 0 Å². The molecule has 3 rings (SSSR count). The van der Waals surface area contributed by atoms with Gasteiger partial charge < -0.3 is 5.32 Å². The van der Waals surface area contributed by atoms with Crippen LogP contribution in [0.4, 0.5) is 19.1 Å². The number of nitrogens with one attached hydrogen (secondary N) is 1. The van der Waals surface area contributed by atoms with Crippen LogP contribution in [0.1, 0.15) is 17.9 Å². The van der Waals surface area contributed by atoms with Gasteiger partial charge in [0.25, 0.3) is 11.6 Å². The third-order valence-electron chi connectivity index (χ3n) is 3.08. The highest BCUT2D eigenvalue weighted by molar-refractivity contribution is 7.99. The summed E-state index contributed by atoms with van der Waals surface area (Å²) in [6.07, 6.45) is -0.539. The molecule has 3 aromatic rings. The maximum atomic E-state index is 12.8. The van der Waals surface area contributed by atoms with Crippen molar-refractivity contribution in [3.8, 4) is 0 Å². The number of anilines is 1. The molecule has 7 nitrogen and oxygen atoms in total. The Kier molecular flexibility index (Phi) is 5.02. The van der Waals surface area contributed by atoms with E-state index in [2.05, 4.69) is 30.4 Å². The van der Waals surface area contributed by atoms with Gasteiger partial charge in [0.1, 0.15) is 5.03 Å². The monoisotopic (exact) mass is 369 g/mol. The van der Waals surface area contributed by atoms with Crippen molar-refractivity contribution >= 4 is 23.5 Å². The van der Waals surface area contributed by atoms with Gasteiger partial charge in [0, 0.05) is 30.4 Å². The molecule has 0 bridgehead atoms. The van der Waals surface area contributed by atoms with E-state index in [9.17, 15) is 13.2 Å². The second kappa shape index (κ2) is 7.21. The fourth-order valence-electron chi connectivity index (χ4n) is 2.02. The van der Waals surface area contributed by atoms with Crippen LogP contribution >= 0.6 is 11.8 Å². The average Bonchev–Trinajstić information content (AvgIpc) is 2.99. The first-order chi connectivity index (χ1) is 11.9. The van der Waals surface area contributed by atoms with Crippen molar-refractivity contribution < 1.29 is 13.2 Å². The van der Waals surface area contributed by atoms with E-state index in [1.165, 1.54) is 11.8 Å². The Labute approximate surface area is 145 Å². The molecule has 3 aromatic heterocycles. The molecule has 25 heavy (non-hydrogen) atoms. The largest absolute Gasteiger partial charge is 0.453 e. The lowest BCUT2D eigenvalue weighted by molar-refractivity contribution is -0.144. The first-order valence-electron chi connectivity index (χ1n) is 7.39. The standard InChI is InChI=1S/C14H14F3N7S/c1-9-8-10(24-13(21-9)22-11(23-24)14(15,16)17)25-7-3-6-20-12-18-4-2-5-19-12/h2,4-5,8H,3,6-7H2,1H3,(H,18,19,20). The summed E-state index contributed by atoms with van der Waals surface area (Å²) in [6, 6.07) is 3.42. The number of halogens is 3. The van der Waals surface area contributed by atoms with Crippen LogP contribution in [0.25, 0.3) is 5.78 Å². The smallest absolute Gasteiger partial charge is 0.354 e. The molecule has 0 radical (unpaired) electrons. The first kappa shape index (κ1) is 17.4. The SMILES string of the molecule is Cc1cc(SCCCNc2ncccn2)n2nc(C(F)(F)F)nc2n1. The molecule has 0 atom stereocenters. The van der Waals surface area contributed by atoms with Crippen LogP contribution in [0.3, 0.4) is 0 Å². The first-order valence-corrected chi connectivity index (χ1v) is 8.37. The molecule has 0 aliphatic heterocycles. The molecular formula is C14H14F3N7S. The average molecular weight is 369 g/mol. The van der Waals surface area contributed by atoms with Crippen LogP contribution in [0.15, 0.2) is 29.6 Å². The van der Waals surface area contributed by atoms with E-state index in [0.717, 1.165) is 10.9 Å².